The van der Waals surface area contributed by atoms with Crippen LogP contribution in [0.2, 0.25) is 0 Å². The van der Waals surface area contributed by atoms with E-state index in [4.69, 9.17) is 4.52 Å². The van der Waals surface area contributed by atoms with Crippen LogP contribution in [0.4, 0.5) is 0 Å². The van der Waals surface area contributed by atoms with Crippen LogP contribution in [0.1, 0.15) is 61.2 Å². The van der Waals surface area contributed by atoms with Crippen molar-refractivity contribution >= 4 is 5.78 Å². The largest absolute Gasteiger partial charge is 0.339 e. The van der Waals surface area contributed by atoms with Gasteiger partial charge in [-0.05, 0) is 31.2 Å². The number of aromatic nitrogens is 4. The molecule has 1 aromatic carbocycles. The fourth-order valence-corrected chi connectivity index (χ4v) is 4.15. The Balaban J connectivity index is 1.38. The normalized spacial score (nSPS) is 22.5. The molecule has 132 valence electrons. The summed E-state index contributed by atoms with van der Waals surface area (Å²) in [4.78, 5) is 20.3. The van der Waals surface area contributed by atoms with Crippen molar-refractivity contribution in [2.75, 3.05) is 0 Å². The molecular formula is C20H20N4O2. The number of carbonyl (C=O) groups excluding carboxylic acids is 1. The van der Waals surface area contributed by atoms with E-state index in [0.717, 1.165) is 24.8 Å². The van der Waals surface area contributed by atoms with E-state index in [1.54, 1.807) is 0 Å². The van der Waals surface area contributed by atoms with E-state index in [0.29, 0.717) is 30.6 Å². The highest BCUT2D eigenvalue weighted by Crippen LogP contribution is 2.33. The van der Waals surface area contributed by atoms with Gasteiger partial charge in [-0.15, -0.1) is 0 Å². The molecule has 0 bridgehead atoms. The molecule has 1 aliphatic heterocycles. The lowest BCUT2D eigenvalue weighted by Gasteiger charge is -2.25. The number of benzene rings is 1. The van der Waals surface area contributed by atoms with Crippen molar-refractivity contribution in [1.29, 1.82) is 0 Å². The molecule has 1 saturated carbocycles. The monoisotopic (exact) mass is 348 g/mol. The fourth-order valence-electron chi connectivity index (χ4n) is 4.15. The lowest BCUT2D eigenvalue weighted by molar-refractivity contribution is -0.117. The quantitative estimate of drug-likeness (QED) is 0.721. The van der Waals surface area contributed by atoms with Gasteiger partial charge in [0.05, 0.1) is 12.4 Å². The molecule has 26 heavy (non-hydrogen) atoms. The summed E-state index contributed by atoms with van der Waals surface area (Å²) in [6, 6.07) is 8.74. The van der Waals surface area contributed by atoms with Crippen LogP contribution in [0.3, 0.4) is 0 Å². The van der Waals surface area contributed by atoms with Gasteiger partial charge in [0.15, 0.2) is 0 Å². The van der Waals surface area contributed by atoms with Gasteiger partial charge in [0.1, 0.15) is 5.78 Å². The molecule has 0 N–H and O–H groups in total. The van der Waals surface area contributed by atoms with Gasteiger partial charge in [0.25, 0.3) is 0 Å². The predicted molar refractivity (Wildman–Crippen MR) is 94.6 cm³/mol. The second-order valence-corrected chi connectivity index (χ2v) is 7.26. The molecule has 2 atom stereocenters. The Labute approximate surface area is 151 Å². The zero-order chi connectivity index (χ0) is 17.5. The minimum absolute atomic E-state index is 0.0879. The number of Topliss-reactive ketones (excluding diaryl/α,β-unsaturated/α-hetero) is 1. The molecule has 0 amide bonds. The maximum Gasteiger partial charge on any atom is 0.230 e. The number of imidazole rings is 1. The third kappa shape index (κ3) is 2.66. The summed E-state index contributed by atoms with van der Waals surface area (Å²) in [7, 11) is 0. The van der Waals surface area contributed by atoms with E-state index in [1.165, 1.54) is 17.7 Å². The van der Waals surface area contributed by atoms with E-state index in [1.807, 2.05) is 12.5 Å². The molecule has 1 fully saturated rings. The van der Waals surface area contributed by atoms with Crippen molar-refractivity contribution < 1.29 is 9.32 Å². The van der Waals surface area contributed by atoms with Crippen LogP contribution in [-0.4, -0.2) is 25.5 Å². The van der Waals surface area contributed by atoms with E-state index in [9.17, 15) is 4.79 Å². The smallest absolute Gasteiger partial charge is 0.230 e. The molecule has 2 aromatic heterocycles. The summed E-state index contributed by atoms with van der Waals surface area (Å²) < 4.78 is 7.69. The third-order valence-corrected chi connectivity index (χ3v) is 5.58. The van der Waals surface area contributed by atoms with E-state index in [2.05, 4.69) is 44.0 Å². The van der Waals surface area contributed by atoms with E-state index >= 15 is 0 Å². The summed E-state index contributed by atoms with van der Waals surface area (Å²) in [5.74, 6) is 1.55. The number of hydrogen-bond donors (Lipinski definition) is 0. The molecule has 0 radical (unpaired) electrons. The molecule has 5 rings (SSSR count). The molecule has 1 aliphatic carbocycles. The van der Waals surface area contributed by atoms with Crippen LogP contribution < -0.4 is 0 Å². The highest BCUT2D eigenvalue weighted by molar-refractivity contribution is 5.81. The van der Waals surface area contributed by atoms with Crippen LogP contribution in [0.5, 0.6) is 0 Å². The van der Waals surface area contributed by atoms with Gasteiger partial charge in [-0.2, -0.15) is 4.98 Å². The Hall–Kier alpha value is -2.76. The fraction of sp³-hybridized carbons (Fsp3) is 0.400. The molecule has 6 heteroatoms. The van der Waals surface area contributed by atoms with Crippen LogP contribution in [0.25, 0.3) is 11.4 Å². The lowest BCUT2D eigenvalue weighted by Crippen LogP contribution is -2.17. The van der Waals surface area contributed by atoms with Gasteiger partial charge in [-0.1, -0.05) is 29.4 Å². The Morgan fingerprint density at radius 3 is 2.81 bits per heavy atom. The first kappa shape index (κ1) is 15.5. The Bertz CT molecular complexity index is 941. The Morgan fingerprint density at radius 2 is 2.00 bits per heavy atom. The summed E-state index contributed by atoms with van der Waals surface area (Å²) in [5.41, 5.74) is 3.52. The number of hydrogen-bond acceptors (Lipinski definition) is 5. The highest BCUT2D eigenvalue weighted by atomic mass is 16.5. The number of aryl methyl sites for hydroxylation is 1. The molecular weight excluding hydrogens is 328 g/mol. The molecule has 6 nitrogen and oxygen atoms in total. The minimum Gasteiger partial charge on any atom is -0.339 e. The van der Waals surface area contributed by atoms with Gasteiger partial charge in [0, 0.05) is 36.2 Å². The number of carbonyl (C=O) groups is 1. The predicted octanol–water partition coefficient (Wildman–Crippen LogP) is 3.70. The van der Waals surface area contributed by atoms with Crippen molar-refractivity contribution in [2.45, 2.75) is 50.5 Å². The Morgan fingerprint density at radius 1 is 1.12 bits per heavy atom. The molecule has 2 unspecified atom stereocenters. The Kier molecular flexibility index (Phi) is 3.69. The second kappa shape index (κ2) is 6.20. The van der Waals surface area contributed by atoms with E-state index < -0.39 is 0 Å². The van der Waals surface area contributed by atoms with E-state index in [-0.39, 0.29) is 11.7 Å². The number of ketones is 1. The average Bonchev–Trinajstić information content (AvgIpc) is 3.41. The zero-order valence-corrected chi connectivity index (χ0v) is 14.5. The first-order chi connectivity index (χ1) is 12.8. The van der Waals surface area contributed by atoms with Crippen LogP contribution in [-0.2, 0) is 11.2 Å². The maximum absolute atomic E-state index is 11.5. The van der Waals surface area contributed by atoms with Gasteiger partial charge in [-0.25, -0.2) is 4.98 Å². The first-order valence-electron chi connectivity index (χ1n) is 9.24. The molecule has 0 saturated heterocycles. The zero-order valence-electron chi connectivity index (χ0n) is 14.5. The number of nitrogens with zero attached hydrogens (tertiary/aromatic N) is 4. The first-order valence-corrected chi connectivity index (χ1v) is 9.24. The third-order valence-electron chi connectivity index (χ3n) is 5.58. The van der Waals surface area contributed by atoms with Crippen molar-refractivity contribution in [1.82, 2.24) is 19.7 Å². The number of fused-ring (bicyclic) bond motifs is 1. The lowest BCUT2D eigenvalue weighted by atomic mass is 9.95. The van der Waals surface area contributed by atoms with Crippen LogP contribution in [0.15, 0.2) is 41.3 Å². The minimum atomic E-state index is 0.0879. The van der Waals surface area contributed by atoms with Crippen LogP contribution in [0, 0.1) is 0 Å². The van der Waals surface area contributed by atoms with Crippen molar-refractivity contribution in [3.8, 4) is 11.4 Å². The topological polar surface area (TPSA) is 73.8 Å². The molecule has 3 aromatic rings. The highest BCUT2D eigenvalue weighted by Gasteiger charge is 2.28. The summed E-state index contributed by atoms with van der Waals surface area (Å²) >= 11 is 0. The van der Waals surface area contributed by atoms with Crippen molar-refractivity contribution in [2.24, 2.45) is 0 Å². The maximum atomic E-state index is 11.5. The number of rotatable bonds is 3. The molecule has 3 heterocycles. The van der Waals surface area contributed by atoms with Gasteiger partial charge >= 0.3 is 0 Å². The van der Waals surface area contributed by atoms with Crippen molar-refractivity contribution in [3.63, 3.8) is 0 Å². The van der Waals surface area contributed by atoms with Gasteiger partial charge in [0.2, 0.25) is 11.7 Å². The SMILES string of the molecule is O=C1CCC(c2nc(-c3ccc(C4CCCc5cncn54)cc3)no2)C1. The van der Waals surface area contributed by atoms with Gasteiger partial charge in [-0.3, -0.25) is 4.79 Å². The second-order valence-electron chi connectivity index (χ2n) is 7.26. The van der Waals surface area contributed by atoms with Crippen LogP contribution >= 0.6 is 0 Å². The molecule has 2 aliphatic rings. The van der Waals surface area contributed by atoms with Crippen molar-refractivity contribution in [3.05, 3.63) is 53.9 Å². The molecule has 0 spiro atoms. The summed E-state index contributed by atoms with van der Waals surface area (Å²) in [6.45, 7) is 0. The summed E-state index contributed by atoms with van der Waals surface area (Å²) in [5, 5.41) is 4.11. The average molecular weight is 348 g/mol. The van der Waals surface area contributed by atoms with Gasteiger partial charge < -0.3 is 9.09 Å². The standard InChI is InChI=1S/C20H20N4O2/c25-17-9-8-15(10-17)20-22-19(23-26-20)14-6-4-13(5-7-14)18-3-1-2-16-11-21-12-24(16)18/h4-7,11-12,15,18H,1-3,8-10H2. The summed E-state index contributed by atoms with van der Waals surface area (Å²) in [6.07, 6.45) is 9.27.